The van der Waals surface area contributed by atoms with Crippen molar-refractivity contribution in [1.82, 2.24) is 5.43 Å². The summed E-state index contributed by atoms with van der Waals surface area (Å²) in [5.41, 5.74) is 3.82. The van der Waals surface area contributed by atoms with Gasteiger partial charge in [0, 0.05) is 5.56 Å². The monoisotopic (exact) mass is 548 g/mol. The van der Waals surface area contributed by atoms with Gasteiger partial charge in [-0.25, -0.2) is 5.43 Å². The van der Waals surface area contributed by atoms with Gasteiger partial charge in [-0.1, -0.05) is 42.5 Å². The molecule has 0 fully saturated rings. The molecule has 0 aromatic heterocycles. The molecule has 0 bridgehead atoms. The van der Waals surface area contributed by atoms with Crippen LogP contribution in [0.15, 0.2) is 102 Å². The molecule has 0 spiro atoms. The Bertz CT molecular complexity index is 1440. The zero-order chi connectivity index (χ0) is 28.4. The Labute approximate surface area is 230 Å². The molecule has 9 heteroatoms. The maximum absolute atomic E-state index is 12.9. The zero-order valence-electron chi connectivity index (χ0n) is 21.7. The summed E-state index contributed by atoms with van der Waals surface area (Å²) >= 11 is 0. The lowest BCUT2D eigenvalue weighted by atomic mass is 10.1. The van der Waals surface area contributed by atoms with Crippen LogP contribution in [0.25, 0.3) is 0 Å². The van der Waals surface area contributed by atoms with Gasteiger partial charge in [0.1, 0.15) is 19.0 Å². The topological polar surface area (TPSA) is 69.2 Å². The van der Waals surface area contributed by atoms with Crippen LogP contribution >= 0.6 is 0 Å². The first kappa shape index (κ1) is 28.2. The zero-order valence-corrected chi connectivity index (χ0v) is 21.7. The lowest BCUT2D eigenvalue weighted by molar-refractivity contribution is -0.137. The summed E-state index contributed by atoms with van der Waals surface area (Å²) in [4.78, 5) is 12.1. The van der Waals surface area contributed by atoms with Gasteiger partial charge >= 0.3 is 6.18 Å². The fourth-order valence-corrected chi connectivity index (χ4v) is 3.65. The summed E-state index contributed by atoms with van der Waals surface area (Å²) in [7, 11) is 0. The van der Waals surface area contributed by atoms with E-state index >= 15 is 0 Å². The standard InChI is InChI=1S/C31H27F3N2O4/c1-2-38-29-17-24(13-16-28(29)40-20-23-7-4-3-5-8-23)21-39-27-14-11-22(12-15-27)19-35-36-30(37)25-9-6-10-26(18-25)31(32,33)34/h3-19H,2,20-21H2,1H3,(H,36,37)/b35-19+. The molecule has 4 rings (SSSR count). The normalized spacial score (nSPS) is 11.3. The number of rotatable bonds is 11. The molecule has 4 aromatic carbocycles. The number of nitrogens with one attached hydrogen (secondary N) is 1. The Morgan fingerprint density at radius 3 is 2.27 bits per heavy atom. The summed E-state index contributed by atoms with van der Waals surface area (Å²) < 4.78 is 56.2. The second-order valence-electron chi connectivity index (χ2n) is 8.62. The molecular weight excluding hydrogens is 521 g/mol. The quantitative estimate of drug-likeness (QED) is 0.161. The first-order valence-electron chi connectivity index (χ1n) is 12.5. The molecule has 206 valence electrons. The van der Waals surface area contributed by atoms with Gasteiger partial charge in [0.05, 0.1) is 18.4 Å². The summed E-state index contributed by atoms with van der Waals surface area (Å²) in [6.45, 7) is 3.14. The molecule has 0 aliphatic rings. The van der Waals surface area contributed by atoms with Gasteiger partial charge in [0.15, 0.2) is 11.5 Å². The molecule has 0 saturated heterocycles. The lowest BCUT2D eigenvalue weighted by Gasteiger charge is -2.14. The van der Waals surface area contributed by atoms with Crippen LogP contribution in [-0.4, -0.2) is 18.7 Å². The molecule has 0 heterocycles. The van der Waals surface area contributed by atoms with Crippen LogP contribution in [0.4, 0.5) is 13.2 Å². The molecule has 6 nitrogen and oxygen atoms in total. The summed E-state index contributed by atoms with van der Waals surface area (Å²) in [5, 5.41) is 3.83. The van der Waals surface area contributed by atoms with Crippen molar-refractivity contribution in [2.24, 2.45) is 5.10 Å². The van der Waals surface area contributed by atoms with Gasteiger partial charge in [0.25, 0.3) is 5.91 Å². The van der Waals surface area contributed by atoms with Crippen molar-refractivity contribution in [2.75, 3.05) is 6.61 Å². The Hall–Kier alpha value is -4.79. The number of nitrogens with zero attached hydrogens (tertiary/aromatic N) is 1. The van der Waals surface area contributed by atoms with Crippen LogP contribution in [0.2, 0.25) is 0 Å². The van der Waals surface area contributed by atoms with E-state index in [1.807, 2.05) is 55.5 Å². The number of carbonyl (C=O) groups is 1. The minimum absolute atomic E-state index is 0.140. The number of ether oxygens (including phenoxy) is 3. The molecule has 40 heavy (non-hydrogen) atoms. The SMILES string of the molecule is CCOc1cc(COc2ccc(/C=N/NC(=O)c3cccc(C(F)(F)F)c3)cc2)ccc1OCc1ccccc1. The number of alkyl halides is 3. The fraction of sp³-hybridized carbons (Fsp3) is 0.161. The average Bonchev–Trinajstić information content (AvgIpc) is 2.96. The van der Waals surface area contributed by atoms with Crippen LogP contribution in [-0.2, 0) is 19.4 Å². The van der Waals surface area contributed by atoms with E-state index < -0.39 is 17.6 Å². The largest absolute Gasteiger partial charge is 0.490 e. The van der Waals surface area contributed by atoms with Gasteiger partial charge in [-0.3, -0.25) is 4.79 Å². The highest BCUT2D eigenvalue weighted by Gasteiger charge is 2.30. The summed E-state index contributed by atoms with van der Waals surface area (Å²) in [5.74, 6) is 1.16. The molecule has 0 radical (unpaired) electrons. The highest BCUT2D eigenvalue weighted by molar-refractivity contribution is 5.95. The molecule has 4 aromatic rings. The second-order valence-corrected chi connectivity index (χ2v) is 8.62. The number of carbonyl (C=O) groups excluding carboxylic acids is 1. The molecule has 0 atom stereocenters. The van der Waals surface area contributed by atoms with Gasteiger partial charge in [-0.05, 0) is 78.2 Å². The Balaban J connectivity index is 1.30. The Morgan fingerprint density at radius 1 is 0.800 bits per heavy atom. The lowest BCUT2D eigenvalue weighted by Crippen LogP contribution is -2.18. The third-order valence-corrected chi connectivity index (χ3v) is 5.66. The van der Waals surface area contributed by atoms with Crippen molar-refractivity contribution in [3.05, 3.63) is 125 Å². The molecule has 0 saturated carbocycles. The van der Waals surface area contributed by atoms with Crippen molar-refractivity contribution in [3.8, 4) is 17.2 Å². The van der Waals surface area contributed by atoms with Crippen LogP contribution in [0.3, 0.4) is 0 Å². The molecular formula is C31H27F3N2O4. The van der Waals surface area contributed by atoms with Crippen molar-refractivity contribution in [3.63, 3.8) is 0 Å². The molecule has 0 aliphatic carbocycles. The van der Waals surface area contributed by atoms with Crippen LogP contribution in [0.1, 0.15) is 39.5 Å². The number of amides is 1. The number of halogens is 3. The third kappa shape index (κ3) is 8.10. The first-order chi connectivity index (χ1) is 19.3. The summed E-state index contributed by atoms with van der Waals surface area (Å²) in [6, 6.07) is 26.6. The van der Waals surface area contributed by atoms with E-state index in [0.717, 1.165) is 23.3 Å². The van der Waals surface area contributed by atoms with Crippen molar-refractivity contribution >= 4 is 12.1 Å². The number of hydrogen-bond donors (Lipinski definition) is 1. The number of benzene rings is 4. The van der Waals surface area contributed by atoms with Crippen molar-refractivity contribution in [2.45, 2.75) is 26.3 Å². The van der Waals surface area contributed by atoms with Crippen LogP contribution in [0.5, 0.6) is 17.2 Å². The number of hydrogen-bond acceptors (Lipinski definition) is 5. The van der Waals surface area contributed by atoms with Crippen LogP contribution < -0.4 is 19.6 Å². The summed E-state index contributed by atoms with van der Waals surface area (Å²) in [6.07, 6.45) is -3.15. The van der Waals surface area contributed by atoms with Gasteiger partial charge in [-0.15, -0.1) is 0 Å². The molecule has 1 amide bonds. The van der Waals surface area contributed by atoms with E-state index in [9.17, 15) is 18.0 Å². The predicted molar refractivity (Wildman–Crippen MR) is 146 cm³/mol. The third-order valence-electron chi connectivity index (χ3n) is 5.66. The fourth-order valence-electron chi connectivity index (χ4n) is 3.65. The first-order valence-corrected chi connectivity index (χ1v) is 12.5. The van der Waals surface area contributed by atoms with E-state index in [0.29, 0.717) is 42.6 Å². The maximum atomic E-state index is 12.9. The Kier molecular flexibility index (Phi) is 9.40. The van der Waals surface area contributed by atoms with Gasteiger partial charge in [-0.2, -0.15) is 18.3 Å². The van der Waals surface area contributed by atoms with Gasteiger partial charge < -0.3 is 14.2 Å². The van der Waals surface area contributed by atoms with Crippen molar-refractivity contribution in [1.29, 1.82) is 0 Å². The van der Waals surface area contributed by atoms with E-state index in [-0.39, 0.29) is 5.56 Å². The minimum Gasteiger partial charge on any atom is -0.490 e. The average molecular weight is 549 g/mol. The van der Waals surface area contributed by atoms with E-state index in [1.165, 1.54) is 18.3 Å². The highest BCUT2D eigenvalue weighted by Crippen LogP contribution is 2.30. The molecule has 0 aliphatic heterocycles. The molecule has 1 N–H and O–H groups in total. The maximum Gasteiger partial charge on any atom is 0.416 e. The van der Waals surface area contributed by atoms with E-state index in [2.05, 4.69) is 10.5 Å². The van der Waals surface area contributed by atoms with Gasteiger partial charge in [0.2, 0.25) is 0 Å². The predicted octanol–water partition coefficient (Wildman–Crippen LogP) is 7.03. The van der Waals surface area contributed by atoms with Crippen LogP contribution in [0, 0.1) is 0 Å². The highest BCUT2D eigenvalue weighted by atomic mass is 19.4. The second kappa shape index (κ2) is 13.3. The smallest absolute Gasteiger partial charge is 0.416 e. The Morgan fingerprint density at radius 2 is 1.55 bits per heavy atom. The van der Waals surface area contributed by atoms with Crippen molar-refractivity contribution < 1.29 is 32.2 Å². The van der Waals surface area contributed by atoms with E-state index in [1.54, 1.807) is 24.3 Å². The van der Waals surface area contributed by atoms with E-state index in [4.69, 9.17) is 14.2 Å². The minimum atomic E-state index is -4.53. The number of hydrazone groups is 1. The molecule has 0 unspecified atom stereocenters.